The molecule has 0 aromatic rings. The lowest BCUT2D eigenvalue weighted by Crippen LogP contribution is -2.58. The fourth-order valence-electron chi connectivity index (χ4n) is 3.00. The Balaban J connectivity index is 0.00000112. The van der Waals surface area contributed by atoms with Gasteiger partial charge in [-0.1, -0.05) is 0 Å². The maximum absolute atomic E-state index is 11.6. The van der Waals surface area contributed by atoms with Gasteiger partial charge in [0.15, 0.2) is 0 Å². The van der Waals surface area contributed by atoms with Crippen molar-refractivity contribution in [2.75, 3.05) is 19.6 Å². The Hall–Kier alpha value is 0.01000. The number of carbonyl (C=O) groups excluding carboxylic acids is 1. The van der Waals surface area contributed by atoms with Gasteiger partial charge in [-0.15, -0.1) is 24.8 Å². The Labute approximate surface area is 110 Å². The summed E-state index contributed by atoms with van der Waals surface area (Å²) in [6, 6.07) is 0. The third kappa shape index (κ3) is 3.02. The van der Waals surface area contributed by atoms with Crippen molar-refractivity contribution >= 4 is 30.7 Å². The minimum Gasteiger partial charge on any atom is -0.337 e. The summed E-state index contributed by atoms with van der Waals surface area (Å²) in [5, 5.41) is 3.38. The van der Waals surface area contributed by atoms with Crippen LogP contribution < -0.4 is 5.32 Å². The van der Waals surface area contributed by atoms with Gasteiger partial charge in [0.05, 0.1) is 0 Å². The average Bonchev–Trinajstić information content (AvgIpc) is 2.19. The number of halogens is 2. The van der Waals surface area contributed by atoms with Gasteiger partial charge in [0.2, 0.25) is 5.91 Å². The van der Waals surface area contributed by atoms with Crippen molar-refractivity contribution in [3.05, 3.63) is 0 Å². The molecule has 0 aromatic heterocycles. The highest BCUT2D eigenvalue weighted by molar-refractivity contribution is 5.85. The van der Waals surface area contributed by atoms with E-state index in [1.807, 2.05) is 0 Å². The van der Waals surface area contributed by atoms with E-state index in [9.17, 15) is 4.79 Å². The van der Waals surface area contributed by atoms with Crippen LogP contribution in [0.1, 0.15) is 39.0 Å². The maximum Gasteiger partial charge on any atom is 0.219 e. The second-order valence-electron chi connectivity index (χ2n) is 4.60. The third-order valence-corrected chi connectivity index (χ3v) is 3.76. The minimum absolute atomic E-state index is 0. The Morgan fingerprint density at radius 2 is 1.75 bits per heavy atom. The number of amides is 1. The zero-order valence-electron chi connectivity index (χ0n) is 9.83. The molecule has 2 aliphatic heterocycles. The van der Waals surface area contributed by atoms with Crippen molar-refractivity contribution in [2.24, 2.45) is 0 Å². The first-order valence-electron chi connectivity index (χ1n) is 5.74. The van der Waals surface area contributed by atoms with E-state index >= 15 is 0 Å². The molecule has 0 aromatic carbocycles. The molecule has 0 radical (unpaired) electrons. The van der Waals surface area contributed by atoms with Crippen LogP contribution in [0.25, 0.3) is 0 Å². The topological polar surface area (TPSA) is 32.3 Å². The highest BCUT2D eigenvalue weighted by atomic mass is 35.5. The Morgan fingerprint density at radius 1 is 1.12 bits per heavy atom. The molecular formula is C11H22Cl2N2O. The largest absolute Gasteiger partial charge is 0.337 e. The molecule has 2 fully saturated rings. The molecule has 3 nitrogen and oxygen atoms in total. The molecule has 96 valence electrons. The summed E-state index contributed by atoms with van der Waals surface area (Å²) < 4.78 is 0. The summed E-state index contributed by atoms with van der Waals surface area (Å²) >= 11 is 0. The molecule has 0 unspecified atom stereocenters. The highest BCUT2D eigenvalue weighted by Crippen LogP contribution is 2.35. The van der Waals surface area contributed by atoms with Crippen LogP contribution in [0, 0.1) is 0 Å². The van der Waals surface area contributed by atoms with Crippen LogP contribution in [0.2, 0.25) is 0 Å². The average molecular weight is 269 g/mol. The van der Waals surface area contributed by atoms with Crippen molar-refractivity contribution in [3.8, 4) is 0 Å². The Morgan fingerprint density at radius 3 is 2.31 bits per heavy atom. The SMILES string of the molecule is CC(=O)N1CCCCC12CCNCC2.Cl.Cl. The van der Waals surface area contributed by atoms with E-state index in [1.165, 1.54) is 19.3 Å². The second kappa shape index (κ2) is 6.67. The number of piperidine rings is 2. The molecule has 2 heterocycles. The normalized spacial score (nSPS) is 23.2. The monoisotopic (exact) mass is 268 g/mol. The van der Waals surface area contributed by atoms with Gasteiger partial charge in [0.25, 0.3) is 0 Å². The van der Waals surface area contributed by atoms with Crippen LogP contribution in [0.5, 0.6) is 0 Å². The van der Waals surface area contributed by atoms with E-state index in [-0.39, 0.29) is 36.3 Å². The number of nitrogens with one attached hydrogen (secondary N) is 1. The third-order valence-electron chi connectivity index (χ3n) is 3.76. The number of nitrogens with zero attached hydrogens (tertiary/aromatic N) is 1. The maximum atomic E-state index is 11.6. The van der Waals surface area contributed by atoms with E-state index in [0.29, 0.717) is 0 Å². The number of hydrogen-bond donors (Lipinski definition) is 1. The smallest absolute Gasteiger partial charge is 0.219 e. The van der Waals surface area contributed by atoms with Crippen molar-refractivity contribution in [3.63, 3.8) is 0 Å². The summed E-state index contributed by atoms with van der Waals surface area (Å²) in [5.41, 5.74) is 0.218. The summed E-state index contributed by atoms with van der Waals surface area (Å²) in [4.78, 5) is 13.7. The summed E-state index contributed by atoms with van der Waals surface area (Å²) in [7, 11) is 0. The van der Waals surface area contributed by atoms with E-state index in [0.717, 1.165) is 32.5 Å². The quantitative estimate of drug-likeness (QED) is 0.729. The van der Waals surface area contributed by atoms with Gasteiger partial charge in [-0.25, -0.2) is 0 Å². The van der Waals surface area contributed by atoms with Gasteiger partial charge in [-0.05, 0) is 45.2 Å². The zero-order chi connectivity index (χ0) is 10.0. The number of carbonyl (C=O) groups is 1. The predicted molar refractivity (Wildman–Crippen MR) is 70.6 cm³/mol. The van der Waals surface area contributed by atoms with E-state index in [4.69, 9.17) is 0 Å². The van der Waals surface area contributed by atoms with Crippen LogP contribution in [0.3, 0.4) is 0 Å². The van der Waals surface area contributed by atoms with Gasteiger partial charge in [-0.3, -0.25) is 4.79 Å². The summed E-state index contributed by atoms with van der Waals surface area (Å²) in [6.07, 6.45) is 5.99. The molecule has 0 bridgehead atoms. The van der Waals surface area contributed by atoms with Crippen LogP contribution in [-0.2, 0) is 4.79 Å². The molecule has 2 rings (SSSR count). The Bertz CT molecular complexity index is 222. The van der Waals surface area contributed by atoms with Gasteiger partial charge in [-0.2, -0.15) is 0 Å². The van der Waals surface area contributed by atoms with Crippen molar-refractivity contribution in [2.45, 2.75) is 44.6 Å². The molecule has 0 aliphatic carbocycles. The van der Waals surface area contributed by atoms with Gasteiger partial charge < -0.3 is 10.2 Å². The van der Waals surface area contributed by atoms with Gasteiger partial charge >= 0.3 is 0 Å². The summed E-state index contributed by atoms with van der Waals surface area (Å²) in [5.74, 6) is 0.270. The van der Waals surface area contributed by atoms with Crippen LogP contribution in [-0.4, -0.2) is 36.0 Å². The van der Waals surface area contributed by atoms with E-state index in [2.05, 4.69) is 10.2 Å². The second-order valence-corrected chi connectivity index (χ2v) is 4.60. The van der Waals surface area contributed by atoms with Crippen LogP contribution >= 0.6 is 24.8 Å². The van der Waals surface area contributed by atoms with Gasteiger partial charge in [0, 0.05) is 19.0 Å². The number of likely N-dealkylation sites (tertiary alicyclic amines) is 1. The fraction of sp³-hybridized carbons (Fsp3) is 0.909. The van der Waals surface area contributed by atoms with Crippen molar-refractivity contribution < 1.29 is 4.79 Å². The van der Waals surface area contributed by atoms with Crippen molar-refractivity contribution in [1.29, 1.82) is 0 Å². The molecule has 1 N–H and O–H groups in total. The highest BCUT2D eigenvalue weighted by Gasteiger charge is 2.40. The number of hydrogen-bond acceptors (Lipinski definition) is 2. The lowest BCUT2D eigenvalue weighted by atomic mass is 9.79. The molecular weight excluding hydrogens is 247 g/mol. The molecule has 16 heavy (non-hydrogen) atoms. The fourth-order valence-corrected chi connectivity index (χ4v) is 3.00. The Kier molecular flexibility index (Phi) is 6.68. The van der Waals surface area contributed by atoms with Crippen LogP contribution in [0.15, 0.2) is 0 Å². The standard InChI is InChI=1S/C11H20N2O.2ClH/c1-10(14)13-9-3-2-4-11(13)5-7-12-8-6-11;;/h12H,2-9H2,1H3;2*1H. The predicted octanol–water partition coefficient (Wildman–Crippen LogP) is 1.98. The van der Waals surface area contributed by atoms with E-state index in [1.54, 1.807) is 6.92 Å². The molecule has 0 atom stereocenters. The zero-order valence-corrected chi connectivity index (χ0v) is 11.5. The molecule has 1 spiro atoms. The molecule has 2 saturated heterocycles. The molecule has 2 aliphatic rings. The first kappa shape index (κ1) is 16.0. The molecule has 1 amide bonds. The van der Waals surface area contributed by atoms with Crippen molar-refractivity contribution in [1.82, 2.24) is 10.2 Å². The number of rotatable bonds is 0. The van der Waals surface area contributed by atoms with Crippen LogP contribution in [0.4, 0.5) is 0 Å². The summed E-state index contributed by atoms with van der Waals surface area (Å²) in [6.45, 7) is 4.85. The van der Waals surface area contributed by atoms with E-state index < -0.39 is 0 Å². The lowest BCUT2D eigenvalue weighted by Gasteiger charge is -2.49. The lowest BCUT2D eigenvalue weighted by molar-refractivity contribution is -0.139. The first-order chi connectivity index (χ1) is 6.75. The first-order valence-corrected chi connectivity index (χ1v) is 5.74. The molecule has 5 heteroatoms. The molecule has 0 saturated carbocycles. The minimum atomic E-state index is 0. The van der Waals surface area contributed by atoms with Gasteiger partial charge in [0.1, 0.15) is 0 Å².